The maximum Gasteiger partial charge on any atom is 0.266 e. The summed E-state index contributed by atoms with van der Waals surface area (Å²) in [5.41, 5.74) is 0.909. The lowest BCUT2D eigenvalue weighted by molar-refractivity contribution is -0.132. The number of thioether (sulfide) groups is 1. The number of rotatable bonds is 7. The highest BCUT2D eigenvalue weighted by Gasteiger charge is 2.38. The smallest absolute Gasteiger partial charge is 0.266 e. The second-order valence-corrected chi connectivity index (χ2v) is 7.89. The highest BCUT2D eigenvalue weighted by Crippen LogP contribution is 2.33. The first-order chi connectivity index (χ1) is 13.0. The first-order valence-electron chi connectivity index (χ1n) is 8.59. The normalized spacial score (nSPS) is 17.0. The molecule has 2 aromatic rings. The van der Waals surface area contributed by atoms with E-state index in [1.807, 2.05) is 40.7 Å². The molecule has 2 aromatic heterocycles. The molecule has 142 valence electrons. The minimum Gasteiger partial charge on any atom is -0.354 e. The summed E-state index contributed by atoms with van der Waals surface area (Å²) in [4.78, 5) is 31.1. The number of imidazole rings is 1. The molecule has 1 atom stereocenters. The van der Waals surface area contributed by atoms with E-state index in [0.29, 0.717) is 15.8 Å². The Kier molecular flexibility index (Phi) is 6.12. The maximum atomic E-state index is 12.7. The molecule has 0 bridgehead atoms. The van der Waals surface area contributed by atoms with Gasteiger partial charge in [0.25, 0.3) is 5.91 Å². The van der Waals surface area contributed by atoms with Crippen LogP contribution in [-0.4, -0.2) is 47.7 Å². The van der Waals surface area contributed by atoms with E-state index in [-0.39, 0.29) is 11.8 Å². The van der Waals surface area contributed by atoms with Crippen LogP contribution in [0.2, 0.25) is 0 Å². The van der Waals surface area contributed by atoms with Gasteiger partial charge in [-0.1, -0.05) is 24.0 Å². The average molecular weight is 404 g/mol. The fourth-order valence-electron chi connectivity index (χ4n) is 2.73. The van der Waals surface area contributed by atoms with Gasteiger partial charge in [0.05, 0.1) is 11.2 Å². The van der Waals surface area contributed by atoms with E-state index in [4.69, 9.17) is 12.2 Å². The SMILES string of the molecule is CC(C(=O)NCCCn1ccnc1)N1C(=O)C(=Cc2cccn2C)SC1=S. The van der Waals surface area contributed by atoms with Gasteiger partial charge in [-0.05, 0) is 31.6 Å². The number of amides is 2. The molecular formula is C18H21N5O2S2. The van der Waals surface area contributed by atoms with E-state index in [0.717, 1.165) is 18.7 Å². The third-order valence-electron chi connectivity index (χ3n) is 4.30. The molecule has 0 aromatic carbocycles. The summed E-state index contributed by atoms with van der Waals surface area (Å²) in [6, 6.07) is 3.18. The predicted octanol–water partition coefficient (Wildman–Crippen LogP) is 2.02. The minimum absolute atomic E-state index is 0.211. The standard InChI is InChI=1S/C18H21N5O2S2/c1-13(16(24)20-6-4-9-22-10-7-19-12-22)23-17(25)15(27-18(23)26)11-14-5-3-8-21(14)2/h3,5,7-8,10-13H,4,6,9H2,1-2H3,(H,20,24). The number of carbonyl (C=O) groups excluding carboxylic acids is 2. The van der Waals surface area contributed by atoms with Gasteiger partial charge >= 0.3 is 0 Å². The first kappa shape index (κ1) is 19.4. The molecular weight excluding hydrogens is 382 g/mol. The Labute approximate surface area is 167 Å². The minimum atomic E-state index is -0.648. The van der Waals surface area contributed by atoms with Gasteiger partial charge in [0.1, 0.15) is 10.4 Å². The molecule has 3 heterocycles. The van der Waals surface area contributed by atoms with Crippen LogP contribution < -0.4 is 5.32 Å². The summed E-state index contributed by atoms with van der Waals surface area (Å²) in [6.45, 7) is 2.99. The zero-order chi connectivity index (χ0) is 19.4. The molecule has 0 spiro atoms. The number of carbonyl (C=O) groups is 2. The monoisotopic (exact) mass is 403 g/mol. The van der Waals surface area contributed by atoms with Crippen LogP contribution in [0.5, 0.6) is 0 Å². The zero-order valence-electron chi connectivity index (χ0n) is 15.2. The van der Waals surface area contributed by atoms with E-state index >= 15 is 0 Å². The summed E-state index contributed by atoms with van der Waals surface area (Å²) in [5, 5.41) is 2.87. The quantitative estimate of drug-likeness (QED) is 0.435. The van der Waals surface area contributed by atoms with Crippen molar-refractivity contribution in [2.45, 2.75) is 25.9 Å². The van der Waals surface area contributed by atoms with Crippen LogP contribution in [0.1, 0.15) is 19.0 Å². The van der Waals surface area contributed by atoms with E-state index in [9.17, 15) is 9.59 Å². The van der Waals surface area contributed by atoms with Crippen LogP contribution in [0, 0.1) is 0 Å². The fraction of sp³-hybridized carbons (Fsp3) is 0.333. The molecule has 3 rings (SSSR count). The number of hydrogen-bond donors (Lipinski definition) is 1. The fourth-order valence-corrected chi connectivity index (χ4v) is 4.13. The topological polar surface area (TPSA) is 72.2 Å². The van der Waals surface area contributed by atoms with Gasteiger partial charge < -0.3 is 14.5 Å². The molecule has 1 aliphatic rings. The Bertz CT molecular complexity index is 872. The Morgan fingerprint density at radius 3 is 2.93 bits per heavy atom. The van der Waals surface area contributed by atoms with Crippen molar-refractivity contribution < 1.29 is 9.59 Å². The molecule has 1 saturated heterocycles. The second kappa shape index (κ2) is 8.53. The summed E-state index contributed by atoms with van der Waals surface area (Å²) in [5.74, 6) is -0.440. The molecule has 9 heteroatoms. The van der Waals surface area contributed by atoms with Crippen LogP contribution in [0.15, 0.2) is 42.0 Å². The van der Waals surface area contributed by atoms with Gasteiger partial charge in [-0.2, -0.15) is 0 Å². The van der Waals surface area contributed by atoms with Crippen molar-refractivity contribution in [3.8, 4) is 0 Å². The number of thiocarbonyl (C=S) groups is 1. The predicted molar refractivity (Wildman–Crippen MR) is 110 cm³/mol. The van der Waals surface area contributed by atoms with Crippen LogP contribution in [-0.2, 0) is 23.2 Å². The van der Waals surface area contributed by atoms with Crippen molar-refractivity contribution in [3.05, 3.63) is 47.6 Å². The van der Waals surface area contributed by atoms with Gasteiger partial charge in [0, 0.05) is 44.4 Å². The van der Waals surface area contributed by atoms with Crippen molar-refractivity contribution in [2.24, 2.45) is 7.05 Å². The van der Waals surface area contributed by atoms with Crippen molar-refractivity contribution in [3.63, 3.8) is 0 Å². The average Bonchev–Trinajstić information content (AvgIpc) is 3.35. The molecule has 0 aliphatic carbocycles. The van der Waals surface area contributed by atoms with Crippen LogP contribution >= 0.6 is 24.0 Å². The molecule has 1 unspecified atom stereocenters. The van der Waals surface area contributed by atoms with Gasteiger partial charge in [-0.25, -0.2) is 4.98 Å². The lowest BCUT2D eigenvalue weighted by Gasteiger charge is -2.22. The molecule has 1 aliphatic heterocycles. The molecule has 0 radical (unpaired) electrons. The molecule has 0 saturated carbocycles. The molecule has 1 N–H and O–H groups in total. The van der Waals surface area contributed by atoms with E-state index in [1.165, 1.54) is 16.7 Å². The highest BCUT2D eigenvalue weighted by atomic mass is 32.2. The molecule has 7 nitrogen and oxygen atoms in total. The molecule has 2 amide bonds. The Balaban J connectivity index is 1.57. The Hall–Kier alpha value is -2.39. The lowest BCUT2D eigenvalue weighted by Crippen LogP contribution is -2.47. The summed E-state index contributed by atoms with van der Waals surface area (Å²) in [7, 11) is 1.91. The van der Waals surface area contributed by atoms with Crippen molar-refractivity contribution in [1.82, 2.24) is 24.3 Å². The van der Waals surface area contributed by atoms with Gasteiger partial charge in [-0.3, -0.25) is 14.5 Å². The Morgan fingerprint density at radius 1 is 1.44 bits per heavy atom. The Morgan fingerprint density at radius 2 is 2.26 bits per heavy atom. The van der Waals surface area contributed by atoms with Crippen molar-refractivity contribution in [2.75, 3.05) is 6.54 Å². The van der Waals surface area contributed by atoms with E-state index in [2.05, 4.69) is 10.3 Å². The van der Waals surface area contributed by atoms with Crippen molar-refractivity contribution in [1.29, 1.82) is 0 Å². The van der Waals surface area contributed by atoms with Crippen LogP contribution in [0.4, 0.5) is 0 Å². The number of aryl methyl sites for hydroxylation is 2. The van der Waals surface area contributed by atoms with Gasteiger partial charge in [0.15, 0.2) is 0 Å². The zero-order valence-corrected chi connectivity index (χ0v) is 16.8. The molecule has 1 fully saturated rings. The first-order valence-corrected chi connectivity index (χ1v) is 9.81. The third-order valence-corrected chi connectivity index (χ3v) is 5.64. The number of aromatic nitrogens is 3. The summed E-state index contributed by atoms with van der Waals surface area (Å²) in [6.07, 6.45) is 9.83. The number of nitrogens with one attached hydrogen (secondary N) is 1. The van der Waals surface area contributed by atoms with Crippen LogP contribution in [0.25, 0.3) is 6.08 Å². The van der Waals surface area contributed by atoms with Crippen molar-refractivity contribution >= 4 is 46.2 Å². The highest BCUT2D eigenvalue weighted by molar-refractivity contribution is 8.26. The van der Waals surface area contributed by atoms with Gasteiger partial charge in [-0.15, -0.1) is 0 Å². The van der Waals surface area contributed by atoms with Gasteiger partial charge in [0.2, 0.25) is 5.91 Å². The number of nitrogens with zero attached hydrogens (tertiary/aromatic N) is 4. The number of hydrogen-bond acceptors (Lipinski definition) is 5. The maximum absolute atomic E-state index is 12.7. The van der Waals surface area contributed by atoms with E-state index < -0.39 is 6.04 Å². The largest absolute Gasteiger partial charge is 0.354 e. The molecule has 27 heavy (non-hydrogen) atoms. The summed E-state index contributed by atoms with van der Waals surface area (Å²) >= 11 is 6.56. The third kappa shape index (κ3) is 4.48. The second-order valence-electron chi connectivity index (χ2n) is 6.22. The summed E-state index contributed by atoms with van der Waals surface area (Å²) < 4.78 is 4.27. The van der Waals surface area contributed by atoms with E-state index in [1.54, 1.807) is 25.5 Å². The lowest BCUT2D eigenvalue weighted by atomic mass is 10.2. The van der Waals surface area contributed by atoms with Crippen LogP contribution in [0.3, 0.4) is 0 Å².